The van der Waals surface area contributed by atoms with Crippen molar-refractivity contribution in [2.45, 2.75) is 40.0 Å². The Hall–Kier alpha value is -3.81. The van der Waals surface area contributed by atoms with Crippen LogP contribution in [0.4, 0.5) is 16.3 Å². The summed E-state index contributed by atoms with van der Waals surface area (Å²) in [5.74, 6) is 0.935. The summed E-state index contributed by atoms with van der Waals surface area (Å²) < 4.78 is 6.93. The van der Waals surface area contributed by atoms with Gasteiger partial charge in [0.25, 0.3) is 0 Å². The Labute approximate surface area is 200 Å². The van der Waals surface area contributed by atoms with Crippen molar-refractivity contribution in [3.8, 4) is 11.4 Å². The maximum Gasteiger partial charge on any atom is 0.322 e. The number of rotatable bonds is 6. The third-order valence-corrected chi connectivity index (χ3v) is 5.55. The van der Waals surface area contributed by atoms with Gasteiger partial charge >= 0.3 is 6.03 Å². The number of hydrogen-bond acceptors (Lipinski definition) is 4. The van der Waals surface area contributed by atoms with Crippen LogP contribution in [0.15, 0.2) is 48.5 Å². The monoisotopic (exact) mass is 463 g/mol. The first kappa shape index (κ1) is 24.8. The molecule has 0 saturated heterocycles. The van der Waals surface area contributed by atoms with Gasteiger partial charge in [-0.2, -0.15) is 5.10 Å². The Bertz CT molecular complexity index is 1180. The predicted octanol–water partition coefficient (Wildman–Crippen LogP) is 4.90. The zero-order chi connectivity index (χ0) is 25.0. The number of ether oxygens (including phenoxy) is 1. The van der Waals surface area contributed by atoms with Crippen LogP contribution in [0, 0.1) is 13.8 Å². The fraction of sp³-hybridized carbons (Fsp3) is 0.346. The van der Waals surface area contributed by atoms with Gasteiger partial charge in [-0.15, -0.1) is 0 Å². The van der Waals surface area contributed by atoms with E-state index in [1.54, 1.807) is 18.8 Å². The largest absolute Gasteiger partial charge is 0.497 e. The summed E-state index contributed by atoms with van der Waals surface area (Å²) in [4.78, 5) is 26.8. The molecule has 34 heavy (non-hydrogen) atoms. The van der Waals surface area contributed by atoms with E-state index in [0.29, 0.717) is 11.5 Å². The average Bonchev–Trinajstić information content (AvgIpc) is 3.20. The number of anilines is 2. The smallest absolute Gasteiger partial charge is 0.322 e. The second kappa shape index (κ2) is 9.99. The zero-order valence-corrected chi connectivity index (χ0v) is 20.9. The Morgan fingerprint density at radius 2 is 1.68 bits per heavy atom. The summed E-state index contributed by atoms with van der Waals surface area (Å²) in [5, 5.41) is 10.4. The van der Waals surface area contributed by atoms with Gasteiger partial charge in [0, 0.05) is 24.2 Å². The summed E-state index contributed by atoms with van der Waals surface area (Å²) in [7, 11) is 3.19. The lowest BCUT2D eigenvalue weighted by Gasteiger charge is -2.18. The number of aromatic nitrogens is 2. The molecule has 3 rings (SSSR count). The van der Waals surface area contributed by atoms with Crippen LogP contribution in [0.25, 0.3) is 5.69 Å². The molecule has 0 bridgehead atoms. The maximum atomic E-state index is 12.8. The normalized spacial score (nSPS) is 11.1. The number of amides is 3. The Morgan fingerprint density at radius 1 is 1.00 bits per heavy atom. The molecule has 3 aromatic rings. The van der Waals surface area contributed by atoms with Gasteiger partial charge in [0.2, 0.25) is 5.91 Å². The van der Waals surface area contributed by atoms with Gasteiger partial charge in [-0.1, -0.05) is 26.8 Å². The third-order valence-electron chi connectivity index (χ3n) is 5.55. The number of urea groups is 1. The Balaban J connectivity index is 1.74. The molecule has 2 aromatic carbocycles. The molecule has 0 aliphatic carbocycles. The lowest BCUT2D eigenvalue weighted by Crippen LogP contribution is -2.37. The molecule has 0 saturated carbocycles. The van der Waals surface area contributed by atoms with Crippen LogP contribution in [0.3, 0.4) is 0 Å². The maximum absolute atomic E-state index is 12.8. The first-order valence-electron chi connectivity index (χ1n) is 11.1. The molecule has 0 radical (unpaired) electrons. The lowest BCUT2D eigenvalue weighted by atomic mass is 9.92. The van der Waals surface area contributed by atoms with Gasteiger partial charge in [-0.05, 0) is 61.4 Å². The molecule has 0 aliphatic rings. The van der Waals surface area contributed by atoms with Crippen molar-refractivity contribution in [2.24, 2.45) is 0 Å². The minimum absolute atomic E-state index is 0.116. The SMILES string of the molecule is COc1ccc(-n2nc(C(C)(C)C)cc2NC(=O)CN(C)C(=O)Nc2ccc(C)c(C)c2)cc1. The number of nitrogens with zero attached hydrogens (tertiary/aromatic N) is 3. The van der Waals surface area contributed by atoms with Gasteiger partial charge in [0.15, 0.2) is 0 Å². The summed E-state index contributed by atoms with van der Waals surface area (Å²) in [6.07, 6.45) is 0. The van der Waals surface area contributed by atoms with E-state index >= 15 is 0 Å². The molecule has 0 aliphatic heterocycles. The van der Waals surface area contributed by atoms with Crippen molar-refractivity contribution in [1.82, 2.24) is 14.7 Å². The number of methoxy groups -OCH3 is 1. The highest BCUT2D eigenvalue weighted by Gasteiger charge is 2.22. The quantitative estimate of drug-likeness (QED) is 0.544. The van der Waals surface area contributed by atoms with Crippen LogP contribution < -0.4 is 15.4 Å². The summed E-state index contributed by atoms with van der Waals surface area (Å²) in [6.45, 7) is 10.1. The molecule has 0 atom stereocenters. The fourth-order valence-electron chi connectivity index (χ4n) is 3.26. The van der Waals surface area contributed by atoms with E-state index in [0.717, 1.165) is 28.3 Å². The Kier molecular flexibility index (Phi) is 7.29. The molecule has 8 heteroatoms. The molecule has 0 unspecified atom stereocenters. The standard InChI is InChI=1S/C26H33N5O3/c1-17-8-9-19(14-18(17)2)27-25(33)30(6)16-24(32)28-23-15-22(26(3,4)5)29-31(23)20-10-12-21(34-7)13-11-20/h8-15H,16H2,1-7H3,(H,27,33)(H,28,32). The third kappa shape index (κ3) is 5.95. The minimum Gasteiger partial charge on any atom is -0.497 e. The van der Waals surface area contributed by atoms with Crippen LogP contribution in [0.1, 0.15) is 37.6 Å². The van der Waals surface area contributed by atoms with Gasteiger partial charge < -0.3 is 20.3 Å². The lowest BCUT2D eigenvalue weighted by molar-refractivity contribution is -0.116. The van der Waals surface area contributed by atoms with Crippen molar-refractivity contribution in [2.75, 3.05) is 31.3 Å². The molecule has 8 nitrogen and oxygen atoms in total. The highest BCUT2D eigenvalue weighted by molar-refractivity contribution is 5.96. The first-order chi connectivity index (χ1) is 16.0. The minimum atomic E-state index is -0.363. The van der Waals surface area contributed by atoms with Crippen molar-refractivity contribution < 1.29 is 14.3 Å². The summed E-state index contributed by atoms with van der Waals surface area (Å²) in [6, 6.07) is 14.6. The number of carbonyl (C=O) groups is 2. The predicted molar refractivity (Wildman–Crippen MR) is 135 cm³/mol. The highest BCUT2D eigenvalue weighted by atomic mass is 16.5. The van der Waals surface area contributed by atoms with Crippen LogP contribution in [-0.4, -0.2) is 47.3 Å². The van der Waals surface area contributed by atoms with E-state index in [9.17, 15) is 9.59 Å². The van der Waals surface area contributed by atoms with Crippen molar-refractivity contribution in [1.29, 1.82) is 0 Å². The van der Waals surface area contributed by atoms with E-state index < -0.39 is 0 Å². The molecule has 0 spiro atoms. The van der Waals surface area contributed by atoms with Crippen LogP contribution in [-0.2, 0) is 10.2 Å². The second-order valence-electron chi connectivity index (χ2n) is 9.41. The molecule has 2 N–H and O–H groups in total. The van der Waals surface area contributed by atoms with Crippen LogP contribution in [0.5, 0.6) is 5.75 Å². The number of benzene rings is 2. The van der Waals surface area contributed by atoms with E-state index in [1.165, 1.54) is 4.90 Å². The molecule has 3 amide bonds. The van der Waals surface area contributed by atoms with E-state index in [-0.39, 0.29) is 23.9 Å². The molecule has 0 fully saturated rings. The van der Waals surface area contributed by atoms with E-state index in [4.69, 9.17) is 9.84 Å². The fourth-order valence-corrected chi connectivity index (χ4v) is 3.26. The summed E-state index contributed by atoms with van der Waals surface area (Å²) >= 11 is 0. The van der Waals surface area contributed by atoms with E-state index in [1.807, 2.05) is 62.4 Å². The molecular formula is C26H33N5O3. The van der Waals surface area contributed by atoms with E-state index in [2.05, 4.69) is 31.4 Å². The Morgan fingerprint density at radius 3 is 2.26 bits per heavy atom. The number of nitrogens with one attached hydrogen (secondary N) is 2. The molecule has 1 heterocycles. The first-order valence-corrected chi connectivity index (χ1v) is 11.1. The summed E-state index contributed by atoms with van der Waals surface area (Å²) in [5.41, 5.74) is 4.33. The van der Waals surface area contributed by atoms with Gasteiger partial charge in [-0.25, -0.2) is 9.48 Å². The van der Waals surface area contributed by atoms with Gasteiger partial charge in [0.1, 0.15) is 18.1 Å². The molecular weight excluding hydrogens is 430 g/mol. The highest BCUT2D eigenvalue weighted by Crippen LogP contribution is 2.27. The van der Waals surface area contributed by atoms with Crippen molar-refractivity contribution in [3.05, 3.63) is 65.4 Å². The van der Waals surface area contributed by atoms with Gasteiger partial charge in [-0.3, -0.25) is 4.79 Å². The molecule has 180 valence electrons. The van der Waals surface area contributed by atoms with Crippen molar-refractivity contribution >= 4 is 23.4 Å². The number of aryl methyl sites for hydroxylation is 2. The second-order valence-corrected chi connectivity index (χ2v) is 9.41. The van der Waals surface area contributed by atoms with Gasteiger partial charge in [0.05, 0.1) is 18.5 Å². The topological polar surface area (TPSA) is 88.5 Å². The number of likely N-dealkylation sites (N-methyl/N-ethyl adjacent to an activating group) is 1. The number of carbonyl (C=O) groups excluding carboxylic acids is 2. The van der Waals surface area contributed by atoms with Crippen LogP contribution >= 0.6 is 0 Å². The average molecular weight is 464 g/mol. The van der Waals surface area contributed by atoms with Crippen LogP contribution in [0.2, 0.25) is 0 Å². The van der Waals surface area contributed by atoms with Crippen molar-refractivity contribution in [3.63, 3.8) is 0 Å². The number of hydrogen-bond donors (Lipinski definition) is 2. The molecule has 1 aromatic heterocycles. The zero-order valence-electron chi connectivity index (χ0n) is 20.9.